The predicted molar refractivity (Wildman–Crippen MR) is 59.4 cm³/mol. The van der Waals surface area contributed by atoms with Crippen LogP contribution in [0.4, 0.5) is 5.88 Å². The highest BCUT2D eigenvalue weighted by Crippen LogP contribution is 2.24. The molecule has 0 aliphatic carbocycles. The van der Waals surface area contributed by atoms with E-state index < -0.39 is 0 Å². The summed E-state index contributed by atoms with van der Waals surface area (Å²) in [7, 11) is 0. The maximum absolute atomic E-state index is 5.51. The maximum Gasteiger partial charge on any atom is 0.222 e. The monoisotopic (exact) mass is 268 g/mol. The topological polar surface area (TPSA) is 61.3 Å². The number of ether oxygens (including phenoxy) is 1. The van der Waals surface area contributed by atoms with E-state index in [-0.39, 0.29) is 0 Å². The van der Waals surface area contributed by atoms with Crippen molar-refractivity contribution in [2.75, 3.05) is 5.73 Å². The number of benzene rings is 1. The van der Waals surface area contributed by atoms with E-state index in [0.29, 0.717) is 18.2 Å². The number of aromatic nitrogens is 1. The Morgan fingerprint density at radius 2 is 2.20 bits per heavy atom. The van der Waals surface area contributed by atoms with Gasteiger partial charge in [-0.2, -0.15) is 0 Å². The van der Waals surface area contributed by atoms with Crippen molar-refractivity contribution in [2.24, 2.45) is 0 Å². The Kier molecular flexibility index (Phi) is 2.91. The molecule has 1 aromatic carbocycles. The summed E-state index contributed by atoms with van der Waals surface area (Å²) in [6.07, 6.45) is 0. The van der Waals surface area contributed by atoms with Gasteiger partial charge >= 0.3 is 0 Å². The van der Waals surface area contributed by atoms with E-state index in [1.807, 2.05) is 24.3 Å². The molecule has 4 nitrogen and oxygen atoms in total. The van der Waals surface area contributed by atoms with Crippen LogP contribution in [-0.4, -0.2) is 5.16 Å². The van der Waals surface area contributed by atoms with Crippen molar-refractivity contribution in [1.82, 2.24) is 5.16 Å². The summed E-state index contributed by atoms with van der Waals surface area (Å²) in [4.78, 5) is 0. The zero-order chi connectivity index (χ0) is 10.7. The molecule has 2 N–H and O–H groups in total. The third-order valence-corrected chi connectivity index (χ3v) is 2.44. The largest absolute Gasteiger partial charge is 0.486 e. The lowest BCUT2D eigenvalue weighted by molar-refractivity contribution is 0.288. The molecule has 0 amide bonds. The van der Waals surface area contributed by atoms with Gasteiger partial charge in [0.1, 0.15) is 18.1 Å². The lowest BCUT2D eigenvalue weighted by atomic mass is 10.3. The Morgan fingerprint density at radius 3 is 2.87 bits per heavy atom. The van der Waals surface area contributed by atoms with E-state index in [1.54, 1.807) is 6.07 Å². The molecule has 5 heteroatoms. The molecule has 0 aliphatic rings. The summed E-state index contributed by atoms with van der Waals surface area (Å²) in [5.74, 6) is 1.06. The van der Waals surface area contributed by atoms with Gasteiger partial charge in [-0.05, 0) is 28.1 Å². The lowest BCUT2D eigenvalue weighted by Crippen LogP contribution is -1.95. The molecular formula is C10H9BrN2O2. The van der Waals surface area contributed by atoms with Gasteiger partial charge in [0.2, 0.25) is 5.88 Å². The zero-order valence-corrected chi connectivity index (χ0v) is 9.40. The Balaban J connectivity index is 2.02. The van der Waals surface area contributed by atoms with Gasteiger partial charge in [-0.1, -0.05) is 17.3 Å². The first kappa shape index (κ1) is 10.0. The number of rotatable bonds is 3. The standard InChI is InChI=1S/C10H9BrN2O2/c11-8-3-1-2-4-9(8)14-6-7-5-10(12)15-13-7/h1-5H,6,12H2. The summed E-state index contributed by atoms with van der Waals surface area (Å²) in [5.41, 5.74) is 6.05. The van der Waals surface area contributed by atoms with Crippen LogP contribution in [0.3, 0.4) is 0 Å². The van der Waals surface area contributed by atoms with Crippen LogP contribution in [0, 0.1) is 0 Å². The van der Waals surface area contributed by atoms with Crippen molar-refractivity contribution in [2.45, 2.75) is 6.61 Å². The number of nitrogens with two attached hydrogens (primary N) is 1. The normalized spacial score (nSPS) is 10.2. The third-order valence-electron chi connectivity index (χ3n) is 1.79. The first-order valence-electron chi connectivity index (χ1n) is 4.34. The molecule has 15 heavy (non-hydrogen) atoms. The molecule has 0 bridgehead atoms. The van der Waals surface area contributed by atoms with Crippen molar-refractivity contribution in [3.63, 3.8) is 0 Å². The van der Waals surface area contributed by atoms with Gasteiger partial charge in [-0.3, -0.25) is 0 Å². The van der Waals surface area contributed by atoms with Crippen LogP contribution in [0.25, 0.3) is 0 Å². The fourth-order valence-corrected chi connectivity index (χ4v) is 1.51. The SMILES string of the molecule is Nc1cc(COc2ccccc2Br)no1. The van der Waals surface area contributed by atoms with Crippen LogP contribution in [0.2, 0.25) is 0 Å². The Morgan fingerprint density at radius 1 is 1.40 bits per heavy atom. The predicted octanol–water partition coefficient (Wildman–Crippen LogP) is 2.60. The molecular weight excluding hydrogens is 260 g/mol. The molecule has 1 aromatic heterocycles. The minimum Gasteiger partial charge on any atom is -0.486 e. The van der Waals surface area contributed by atoms with Gasteiger partial charge in [-0.15, -0.1) is 0 Å². The second-order valence-corrected chi connectivity index (χ2v) is 3.79. The Labute approximate surface area is 95.1 Å². The second kappa shape index (κ2) is 4.35. The van der Waals surface area contributed by atoms with Crippen LogP contribution in [0.1, 0.15) is 5.69 Å². The number of para-hydroxylation sites is 1. The van der Waals surface area contributed by atoms with E-state index in [0.717, 1.165) is 10.2 Å². The summed E-state index contributed by atoms with van der Waals surface area (Å²) in [6, 6.07) is 9.24. The highest BCUT2D eigenvalue weighted by Gasteiger charge is 2.03. The fourth-order valence-electron chi connectivity index (χ4n) is 1.11. The van der Waals surface area contributed by atoms with Crippen molar-refractivity contribution >= 4 is 21.8 Å². The van der Waals surface area contributed by atoms with E-state index in [4.69, 9.17) is 15.0 Å². The number of hydrogen-bond acceptors (Lipinski definition) is 4. The number of nitrogen functional groups attached to an aromatic ring is 1. The summed E-state index contributed by atoms with van der Waals surface area (Å²) < 4.78 is 11.1. The van der Waals surface area contributed by atoms with Gasteiger partial charge in [0, 0.05) is 6.07 Å². The van der Waals surface area contributed by atoms with Gasteiger partial charge in [-0.25, -0.2) is 0 Å². The van der Waals surface area contributed by atoms with Crippen molar-refractivity contribution in [3.05, 3.63) is 40.5 Å². The molecule has 1 heterocycles. The molecule has 0 fully saturated rings. The minimum absolute atomic E-state index is 0.292. The molecule has 0 aliphatic heterocycles. The Bertz CT molecular complexity index is 456. The number of halogens is 1. The number of hydrogen-bond donors (Lipinski definition) is 1. The fraction of sp³-hybridized carbons (Fsp3) is 0.100. The van der Waals surface area contributed by atoms with E-state index in [1.165, 1.54) is 0 Å². The van der Waals surface area contributed by atoms with Crippen LogP contribution in [0.5, 0.6) is 5.75 Å². The quantitative estimate of drug-likeness (QED) is 0.930. The van der Waals surface area contributed by atoms with Crippen molar-refractivity contribution in [3.8, 4) is 5.75 Å². The van der Waals surface area contributed by atoms with Crippen LogP contribution >= 0.6 is 15.9 Å². The molecule has 2 aromatic rings. The molecule has 78 valence electrons. The van der Waals surface area contributed by atoms with Gasteiger partial charge in [0.15, 0.2) is 0 Å². The molecule has 0 radical (unpaired) electrons. The second-order valence-electron chi connectivity index (χ2n) is 2.94. The molecule has 0 atom stereocenters. The average molecular weight is 269 g/mol. The third kappa shape index (κ3) is 2.50. The number of nitrogens with zero attached hydrogens (tertiary/aromatic N) is 1. The summed E-state index contributed by atoms with van der Waals surface area (Å²) in [5, 5.41) is 3.72. The average Bonchev–Trinajstić information content (AvgIpc) is 2.63. The van der Waals surface area contributed by atoms with Gasteiger partial charge in [0.25, 0.3) is 0 Å². The first-order chi connectivity index (χ1) is 7.25. The summed E-state index contributed by atoms with van der Waals surface area (Å²) >= 11 is 3.38. The van der Waals surface area contributed by atoms with Gasteiger partial charge in [0.05, 0.1) is 4.47 Å². The molecule has 0 saturated heterocycles. The smallest absolute Gasteiger partial charge is 0.222 e. The molecule has 0 spiro atoms. The van der Waals surface area contributed by atoms with E-state index >= 15 is 0 Å². The number of anilines is 1. The summed E-state index contributed by atoms with van der Waals surface area (Å²) in [6.45, 7) is 0.337. The van der Waals surface area contributed by atoms with Crippen LogP contribution < -0.4 is 10.5 Å². The van der Waals surface area contributed by atoms with Crippen molar-refractivity contribution < 1.29 is 9.26 Å². The van der Waals surface area contributed by atoms with Crippen LogP contribution in [0.15, 0.2) is 39.3 Å². The van der Waals surface area contributed by atoms with E-state index in [2.05, 4.69) is 21.1 Å². The first-order valence-corrected chi connectivity index (χ1v) is 5.13. The lowest BCUT2D eigenvalue weighted by Gasteiger charge is -2.04. The molecule has 0 saturated carbocycles. The maximum atomic E-state index is 5.51. The highest BCUT2D eigenvalue weighted by atomic mass is 79.9. The highest BCUT2D eigenvalue weighted by molar-refractivity contribution is 9.10. The molecule has 0 unspecified atom stereocenters. The minimum atomic E-state index is 0.292. The zero-order valence-electron chi connectivity index (χ0n) is 7.81. The molecule has 2 rings (SSSR count). The van der Waals surface area contributed by atoms with Crippen molar-refractivity contribution in [1.29, 1.82) is 0 Å². The van der Waals surface area contributed by atoms with Crippen LogP contribution in [-0.2, 0) is 6.61 Å². The van der Waals surface area contributed by atoms with E-state index in [9.17, 15) is 0 Å². The van der Waals surface area contributed by atoms with Gasteiger partial charge < -0.3 is 15.0 Å². The Hall–Kier alpha value is -1.49.